The fourth-order valence-corrected chi connectivity index (χ4v) is 2.24. The van der Waals surface area contributed by atoms with Crippen molar-refractivity contribution >= 4 is 21.7 Å². The summed E-state index contributed by atoms with van der Waals surface area (Å²) < 4.78 is 6.18. The highest BCUT2D eigenvalue weighted by Crippen LogP contribution is 2.18. The lowest BCUT2D eigenvalue weighted by molar-refractivity contribution is -0.120. The number of carbonyl (C=O) groups excluding carboxylic acids is 1. The standard InChI is InChI=1S/C14H15BrN2O2/c1-3-12(18)9(2)14-16-13(17-19-14)8-10-5-4-6-11(15)7-10/h4-7,9H,3,8H2,1-2H3. The Kier molecular flexibility index (Phi) is 4.47. The molecule has 0 aliphatic carbocycles. The van der Waals surface area contributed by atoms with Crippen LogP contribution in [0.1, 0.15) is 43.5 Å². The largest absolute Gasteiger partial charge is 0.339 e. The second-order valence-electron chi connectivity index (χ2n) is 4.40. The van der Waals surface area contributed by atoms with Gasteiger partial charge in [-0.2, -0.15) is 4.98 Å². The average Bonchev–Trinajstić information content (AvgIpc) is 2.85. The van der Waals surface area contributed by atoms with E-state index in [9.17, 15) is 4.79 Å². The predicted octanol–water partition coefficient (Wildman–Crippen LogP) is 3.51. The van der Waals surface area contributed by atoms with Gasteiger partial charge in [-0.3, -0.25) is 4.79 Å². The predicted molar refractivity (Wildman–Crippen MR) is 75.0 cm³/mol. The molecule has 0 N–H and O–H groups in total. The average molecular weight is 323 g/mol. The zero-order chi connectivity index (χ0) is 13.8. The molecule has 2 rings (SSSR count). The van der Waals surface area contributed by atoms with Gasteiger partial charge in [0.2, 0.25) is 5.89 Å². The monoisotopic (exact) mass is 322 g/mol. The van der Waals surface area contributed by atoms with Crippen molar-refractivity contribution in [3.8, 4) is 0 Å². The zero-order valence-electron chi connectivity index (χ0n) is 10.9. The molecule has 0 aliphatic rings. The van der Waals surface area contributed by atoms with Crippen molar-refractivity contribution in [1.82, 2.24) is 10.1 Å². The van der Waals surface area contributed by atoms with Crippen LogP contribution >= 0.6 is 15.9 Å². The molecular weight excluding hydrogens is 308 g/mol. The highest BCUT2D eigenvalue weighted by atomic mass is 79.9. The third-order valence-corrected chi connectivity index (χ3v) is 3.43. The van der Waals surface area contributed by atoms with E-state index in [1.165, 1.54) is 0 Å². The Morgan fingerprint density at radius 1 is 1.47 bits per heavy atom. The highest BCUT2D eigenvalue weighted by molar-refractivity contribution is 9.10. The Balaban J connectivity index is 2.11. The lowest BCUT2D eigenvalue weighted by atomic mass is 10.1. The molecule has 1 aromatic heterocycles. The number of ketones is 1. The third kappa shape index (κ3) is 3.50. The summed E-state index contributed by atoms with van der Waals surface area (Å²) in [5.41, 5.74) is 1.09. The summed E-state index contributed by atoms with van der Waals surface area (Å²) >= 11 is 3.42. The van der Waals surface area contributed by atoms with Gasteiger partial charge in [-0.1, -0.05) is 40.1 Å². The van der Waals surface area contributed by atoms with Gasteiger partial charge in [-0.05, 0) is 24.6 Å². The van der Waals surface area contributed by atoms with Crippen LogP contribution in [0.25, 0.3) is 0 Å². The minimum atomic E-state index is -0.325. The molecule has 1 heterocycles. The Morgan fingerprint density at radius 3 is 2.95 bits per heavy atom. The second kappa shape index (κ2) is 6.10. The summed E-state index contributed by atoms with van der Waals surface area (Å²) in [6.45, 7) is 3.62. The number of hydrogen-bond donors (Lipinski definition) is 0. The molecular formula is C14H15BrN2O2. The summed E-state index contributed by atoms with van der Waals surface area (Å²) in [7, 11) is 0. The number of nitrogens with zero attached hydrogens (tertiary/aromatic N) is 2. The molecule has 0 saturated heterocycles. The van der Waals surface area contributed by atoms with Crippen LogP contribution in [0.2, 0.25) is 0 Å². The van der Waals surface area contributed by atoms with Crippen molar-refractivity contribution in [3.63, 3.8) is 0 Å². The van der Waals surface area contributed by atoms with Gasteiger partial charge >= 0.3 is 0 Å². The van der Waals surface area contributed by atoms with Crippen molar-refractivity contribution in [2.24, 2.45) is 0 Å². The van der Waals surface area contributed by atoms with Crippen molar-refractivity contribution in [2.45, 2.75) is 32.6 Å². The molecule has 0 bridgehead atoms. The van der Waals surface area contributed by atoms with E-state index in [-0.39, 0.29) is 11.7 Å². The first-order chi connectivity index (χ1) is 9.10. The number of benzene rings is 1. The first-order valence-corrected chi connectivity index (χ1v) is 6.99. The number of rotatable bonds is 5. The van der Waals surface area contributed by atoms with E-state index in [1.54, 1.807) is 6.92 Å². The summed E-state index contributed by atoms with van der Waals surface area (Å²) in [6, 6.07) is 7.94. The molecule has 1 aromatic carbocycles. The minimum absolute atomic E-state index is 0.109. The van der Waals surface area contributed by atoms with E-state index in [1.807, 2.05) is 31.2 Å². The van der Waals surface area contributed by atoms with Gasteiger partial charge in [-0.15, -0.1) is 0 Å². The molecule has 0 saturated carbocycles. The Labute approximate surface area is 120 Å². The maximum atomic E-state index is 11.6. The van der Waals surface area contributed by atoms with Crippen LogP contribution in [0.5, 0.6) is 0 Å². The van der Waals surface area contributed by atoms with Crippen LogP contribution < -0.4 is 0 Å². The van der Waals surface area contributed by atoms with Crippen LogP contribution in [0.4, 0.5) is 0 Å². The molecule has 0 radical (unpaired) electrons. The van der Waals surface area contributed by atoms with Gasteiger partial charge in [0, 0.05) is 17.3 Å². The van der Waals surface area contributed by atoms with E-state index < -0.39 is 0 Å². The zero-order valence-corrected chi connectivity index (χ0v) is 12.5. The molecule has 0 aliphatic heterocycles. The molecule has 1 unspecified atom stereocenters. The highest BCUT2D eigenvalue weighted by Gasteiger charge is 2.20. The van der Waals surface area contributed by atoms with E-state index in [0.29, 0.717) is 24.6 Å². The van der Waals surface area contributed by atoms with Crippen LogP contribution in [0.15, 0.2) is 33.3 Å². The molecule has 19 heavy (non-hydrogen) atoms. The van der Waals surface area contributed by atoms with Crippen molar-refractivity contribution in [2.75, 3.05) is 0 Å². The summed E-state index contributed by atoms with van der Waals surface area (Å²) in [5, 5.41) is 3.93. The van der Waals surface area contributed by atoms with Crippen LogP contribution in [0.3, 0.4) is 0 Å². The number of halogens is 1. The second-order valence-corrected chi connectivity index (χ2v) is 5.31. The molecule has 4 nitrogen and oxygen atoms in total. The van der Waals surface area contributed by atoms with Crippen molar-refractivity contribution < 1.29 is 9.32 Å². The minimum Gasteiger partial charge on any atom is -0.339 e. The van der Waals surface area contributed by atoms with E-state index in [4.69, 9.17) is 4.52 Å². The lowest BCUT2D eigenvalue weighted by Gasteiger charge is -2.01. The van der Waals surface area contributed by atoms with Gasteiger partial charge in [-0.25, -0.2) is 0 Å². The maximum Gasteiger partial charge on any atom is 0.236 e. The summed E-state index contributed by atoms with van der Waals surface area (Å²) in [6.07, 6.45) is 1.07. The topological polar surface area (TPSA) is 56.0 Å². The first kappa shape index (κ1) is 13.9. The number of carbonyl (C=O) groups is 1. The molecule has 0 amide bonds. The fourth-order valence-electron chi connectivity index (χ4n) is 1.79. The summed E-state index contributed by atoms with van der Waals surface area (Å²) in [4.78, 5) is 15.9. The van der Waals surface area contributed by atoms with Crippen molar-refractivity contribution in [1.29, 1.82) is 0 Å². The lowest BCUT2D eigenvalue weighted by Crippen LogP contribution is -2.07. The van der Waals surface area contributed by atoms with Gasteiger partial charge in [0.25, 0.3) is 0 Å². The van der Waals surface area contributed by atoms with E-state index >= 15 is 0 Å². The first-order valence-electron chi connectivity index (χ1n) is 6.19. The Hall–Kier alpha value is -1.49. The van der Waals surface area contributed by atoms with E-state index in [2.05, 4.69) is 26.1 Å². The molecule has 5 heteroatoms. The smallest absolute Gasteiger partial charge is 0.236 e. The van der Waals surface area contributed by atoms with Gasteiger partial charge in [0.05, 0.1) is 5.92 Å². The van der Waals surface area contributed by atoms with Crippen LogP contribution in [-0.4, -0.2) is 15.9 Å². The quantitative estimate of drug-likeness (QED) is 0.845. The van der Waals surface area contributed by atoms with Gasteiger partial charge in [0.15, 0.2) is 5.82 Å². The van der Waals surface area contributed by atoms with Crippen molar-refractivity contribution in [3.05, 3.63) is 46.0 Å². The third-order valence-electron chi connectivity index (χ3n) is 2.94. The van der Waals surface area contributed by atoms with Crippen LogP contribution in [-0.2, 0) is 11.2 Å². The fraction of sp³-hybridized carbons (Fsp3) is 0.357. The Bertz CT molecular complexity index is 580. The number of Topliss-reactive ketones (excluding diaryl/α,β-unsaturated/α-hetero) is 1. The van der Waals surface area contributed by atoms with Gasteiger partial charge < -0.3 is 4.52 Å². The summed E-state index contributed by atoms with van der Waals surface area (Å²) in [5.74, 6) is 0.784. The molecule has 100 valence electrons. The number of aromatic nitrogens is 2. The maximum absolute atomic E-state index is 11.6. The van der Waals surface area contributed by atoms with E-state index in [0.717, 1.165) is 10.0 Å². The number of hydrogen-bond acceptors (Lipinski definition) is 4. The SMILES string of the molecule is CCC(=O)C(C)c1nc(Cc2cccc(Br)c2)no1. The molecule has 0 fully saturated rings. The molecule has 0 spiro atoms. The van der Waals surface area contributed by atoms with Gasteiger partial charge in [0.1, 0.15) is 5.78 Å². The van der Waals surface area contributed by atoms with Crippen LogP contribution in [0, 0.1) is 0 Å². The normalized spacial score (nSPS) is 12.4. The Morgan fingerprint density at radius 2 is 2.26 bits per heavy atom. The molecule has 1 atom stereocenters. The molecule has 2 aromatic rings.